The molecule has 3 heteroatoms. The summed E-state index contributed by atoms with van der Waals surface area (Å²) in [6.07, 6.45) is 0.674. The maximum absolute atomic E-state index is 12.5. The molecular formula is C5H11ClFN. The quantitative estimate of drug-likeness (QED) is 0.531. The highest BCUT2D eigenvalue weighted by molar-refractivity contribution is 5.85. The molecule has 1 aliphatic rings. The van der Waals surface area contributed by atoms with Crippen molar-refractivity contribution in [3.8, 4) is 0 Å². The minimum Gasteiger partial charge on any atom is -0.313 e. The summed E-state index contributed by atoms with van der Waals surface area (Å²) in [5.41, 5.74) is -0.917. The van der Waals surface area contributed by atoms with E-state index < -0.39 is 5.67 Å². The zero-order chi connectivity index (χ0) is 5.33. The van der Waals surface area contributed by atoms with E-state index in [2.05, 4.69) is 5.32 Å². The van der Waals surface area contributed by atoms with Gasteiger partial charge in [0.25, 0.3) is 0 Å². The minimum atomic E-state index is -0.917. The molecule has 0 aromatic carbocycles. The van der Waals surface area contributed by atoms with Gasteiger partial charge in [-0.15, -0.1) is 12.4 Å². The van der Waals surface area contributed by atoms with Gasteiger partial charge in [-0.3, -0.25) is 0 Å². The van der Waals surface area contributed by atoms with Crippen LogP contribution in [0.5, 0.6) is 0 Å². The second kappa shape index (κ2) is 2.65. The molecule has 1 nitrogen and oxygen atoms in total. The van der Waals surface area contributed by atoms with Crippen LogP contribution in [-0.2, 0) is 0 Å². The van der Waals surface area contributed by atoms with E-state index in [9.17, 15) is 4.39 Å². The second-order valence-electron chi connectivity index (χ2n) is 2.34. The van der Waals surface area contributed by atoms with Crippen LogP contribution in [0.4, 0.5) is 4.39 Å². The van der Waals surface area contributed by atoms with Gasteiger partial charge in [-0.25, -0.2) is 4.39 Å². The summed E-state index contributed by atoms with van der Waals surface area (Å²) in [7, 11) is 0. The van der Waals surface area contributed by atoms with Crippen LogP contribution in [-0.4, -0.2) is 18.8 Å². The topological polar surface area (TPSA) is 12.0 Å². The van der Waals surface area contributed by atoms with E-state index in [1.54, 1.807) is 6.92 Å². The molecule has 1 atom stereocenters. The predicted molar refractivity (Wildman–Crippen MR) is 34.2 cm³/mol. The molecule has 1 heterocycles. The maximum Gasteiger partial charge on any atom is 0.121 e. The second-order valence-corrected chi connectivity index (χ2v) is 2.34. The molecule has 0 amide bonds. The molecule has 1 N–H and O–H groups in total. The lowest BCUT2D eigenvalue weighted by Gasteiger charge is -2.07. The monoisotopic (exact) mass is 139 g/mol. The number of alkyl halides is 1. The highest BCUT2D eigenvalue weighted by Crippen LogP contribution is 2.16. The summed E-state index contributed by atoms with van der Waals surface area (Å²) < 4.78 is 12.5. The molecule has 50 valence electrons. The van der Waals surface area contributed by atoms with Gasteiger partial charge in [-0.05, 0) is 19.9 Å². The molecule has 1 rings (SSSR count). The molecular weight excluding hydrogens is 129 g/mol. The number of hydrogen-bond acceptors (Lipinski definition) is 1. The SMILES string of the molecule is CC1(F)CCNC1.Cl. The summed E-state index contributed by atoms with van der Waals surface area (Å²) in [6, 6.07) is 0. The third-order valence-electron chi connectivity index (χ3n) is 1.32. The van der Waals surface area contributed by atoms with Gasteiger partial charge in [0, 0.05) is 6.54 Å². The molecule has 1 saturated heterocycles. The average molecular weight is 140 g/mol. The Labute approximate surface area is 55.1 Å². The van der Waals surface area contributed by atoms with E-state index in [0.29, 0.717) is 13.0 Å². The van der Waals surface area contributed by atoms with Crippen LogP contribution >= 0.6 is 12.4 Å². The first-order valence-corrected chi connectivity index (χ1v) is 2.60. The molecule has 1 aliphatic heterocycles. The van der Waals surface area contributed by atoms with Crippen molar-refractivity contribution in [3.05, 3.63) is 0 Å². The van der Waals surface area contributed by atoms with Gasteiger partial charge in [0.15, 0.2) is 0 Å². The van der Waals surface area contributed by atoms with Crippen LogP contribution < -0.4 is 5.32 Å². The molecule has 1 unspecified atom stereocenters. The Morgan fingerprint density at radius 3 is 2.38 bits per heavy atom. The summed E-state index contributed by atoms with van der Waals surface area (Å²) in [5.74, 6) is 0. The molecule has 0 saturated carbocycles. The number of rotatable bonds is 0. The van der Waals surface area contributed by atoms with E-state index in [1.807, 2.05) is 0 Å². The predicted octanol–water partition coefficient (Wildman–Crippen LogP) is 1.13. The van der Waals surface area contributed by atoms with Crippen molar-refractivity contribution >= 4 is 12.4 Å². The summed E-state index contributed by atoms with van der Waals surface area (Å²) in [4.78, 5) is 0. The fourth-order valence-electron chi connectivity index (χ4n) is 0.786. The van der Waals surface area contributed by atoms with Crippen LogP contribution in [0.25, 0.3) is 0 Å². The maximum atomic E-state index is 12.5. The van der Waals surface area contributed by atoms with Crippen molar-refractivity contribution in [1.82, 2.24) is 5.32 Å². The number of nitrogens with one attached hydrogen (secondary N) is 1. The van der Waals surface area contributed by atoms with Crippen molar-refractivity contribution in [3.63, 3.8) is 0 Å². The molecule has 0 aromatic heterocycles. The molecule has 0 aliphatic carbocycles. The third kappa shape index (κ3) is 1.97. The minimum absolute atomic E-state index is 0. The van der Waals surface area contributed by atoms with Gasteiger partial charge in [-0.1, -0.05) is 0 Å². The Kier molecular flexibility index (Phi) is 2.71. The molecule has 1 fully saturated rings. The number of halogens is 2. The lowest BCUT2D eigenvalue weighted by atomic mass is 10.1. The Hall–Kier alpha value is 0.180. The molecule has 0 spiro atoms. The molecule has 0 aromatic rings. The van der Waals surface area contributed by atoms with Gasteiger partial charge in [0.05, 0.1) is 0 Å². The lowest BCUT2D eigenvalue weighted by Crippen LogP contribution is -2.20. The zero-order valence-electron chi connectivity index (χ0n) is 4.91. The van der Waals surface area contributed by atoms with E-state index in [1.165, 1.54) is 0 Å². The summed E-state index contributed by atoms with van der Waals surface area (Å²) in [6.45, 7) is 3.01. The first-order chi connectivity index (χ1) is 3.21. The van der Waals surface area contributed by atoms with Crippen molar-refractivity contribution in [2.24, 2.45) is 0 Å². The fourth-order valence-corrected chi connectivity index (χ4v) is 0.786. The normalized spacial score (nSPS) is 36.8. The van der Waals surface area contributed by atoms with Crippen LogP contribution in [0.2, 0.25) is 0 Å². The van der Waals surface area contributed by atoms with Crippen LogP contribution in [0, 0.1) is 0 Å². The smallest absolute Gasteiger partial charge is 0.121 e. The van der Waals surface area contributed by atoms with E-state index in [0.717, 1.165) is 6.54 Å². The zero-order valence-corrected chi connectivity index (χ0v) is 5.72. The van der Waals surface area contributed by atoms with Crippen molar-refractivity contribution in [2.75, 3.05) is 13.1 Å². The van der Waals surface area contributed by atoms with E-state index in [-0.39, 0.29) is 12.4 Å². The fraction of sp³-hybridized carbons (Fsp3) is 1.00. The van der Waals surface area contributed by atoms with Gasteiger partial charge in [-0.2, -0.15) is 0 Å². The molecule has 0 radical (unpaired) electrons. The largest absolute Gasteiger partial charge is 0.313 e. The average Bonchev–Trinajstić information content (AvgIpc) is 1.84. The van der Waals surface area contributed by atoms with Crippen LogP contribution in [0.15, 0.2) is 0 Å². The van der Waals surface area contributed by atoms with E-state index in [4.69, 9.17) is 0 Å². The van der Waals surface area contributed by atoms with E-state index >= 15 is 0 Å². The Bertz CT molecular complexity index is 66.8. The van der Waals surface area contributed by atoms with Gasteiger partial charge in [0.1, 0.15) is 5.67 Å². The lowest BCUT2D eigenvalue weighted by molar-refractivity contribution is 0.218. The van der Waals surface area contributed by atoms with Gasteiger partial charge >= 0.3 is 0 Å². The molecule has 0 bridgehead atoms. The highest BCUT2D eigenvalue weighted by Gasteiger charge is 2.26. The standard InChI is InChI=1S/C5H10FN.ClH/c1-5(6)2-3-7-4-5;/h7H,2-4H2,1H3;1H. The Morgan fingerprint density at radius 1 is 1.62 bits per heavy atom. The highest BCUT2D eigenvalue weighted by atomic mass is 35.5. The summed E-state index contributed by atoms with van der Waals surface area (Å²) >= 11 is 0. The van der Waals surface area contributed by atoms with Crippen LogP contribution in [0.1, 0.15) is 13.3 Å². The van der Waals surface area contributed by atoms with Crippen molar-refractivity contribution in [1.29, 1.82) is 0 Å². The van der Waals surface area contributed by atoms with Gasteiger partial charge in [0.2, 0.25) is 0 Å². The molecule has 8 heavy (non-hydrogen) atoms. The van der Waals surface area contributed by atoms with Crippen molar-refractivity contribution in [2.45, 2.75) is 19.0 Å². The number of hydrogen-bond donors (Lipinski definition) is 1. The first-order valence-electron chi connectivity index (χ1n) is 2.60. The van der Waals surface area contributed by atoms with Crippen molar-refractivity contribution < 1.29 is 4.39 Å². The summed E-state index contributed by atoms with van der Waals surface area (Å²) in [5, 5.41) is 2.94. The van der Waals surface area contributed by atoms with Crippen LogP contribution in [0.3, 0.4) is 0 Å². The first kappa shape index (κ1) is 8.18. The Morgan fingerprint density at radius 2 is 2.25 bits per heavy atom. The third-order valence-corrected chi connectivity index (χ3v) is 1.32. The Balaban J connectivity index is 0.000000490. The van der Waals surface area contributed by atoms with Gasteiger partial charge < -0.3 is 5.32 Å².